The van der Waals surface area contributed by atoms with Crippen molar-refractivity contribution in [2.24, 2.45) is 5.92 Å². The number of carbonyl (C=O) groups excluding carboxylic acids is 2. The molecule has 148 valence electrons. The van der Waals surface area contributed by atoms with E-state index in [4.69, 9.17) is 12.2 Å². The van der Waals surface area contributed by atoms with Crippen molar-refractivity contribution in [1.29, 1.82) is 0 Å². The van der Waals surface area contributed by atoms with E-state index in [0.717, 1.165) is 0 Å². The Morgan fingerprint density at radius 1 is 1.43 bits per heavy atom. The molecule has 0 saturated carbocycles. The summed E-state index contributed by atoms with van der Waals surface area (Å²) in [7, 11) is 0. The zero-order valence-corrected chi connectivity index (χ0v) is 16.7. The number of aldehydes is 1. The van der Waals surface area contributed by atoms with Gasteiger partial charge in [0, 0.05) is 35.8 Å². The van der Waals surface area contributed by atoms with Crippen LogP contribution in [-0.4, -0.2) is 32.6 Å². The van der Waals surface area contributed by atoms with Crippen molar-refractivity contribution in [3.8, 4) is 0 Å². The van der Waals surface area contributed by atoms with E-state index in [1.807, 2.05) is 0 Å². The van der Waals surface area contributed by atoms with Crippen LogP contribution in [0.15, 0.2) is 35.8 Å². The highest BCUT2D eigenvalue weighted by Crippen LogP contribution is 2.19. The summed E-state index contributed by atoms with van der Waals surface area (Å²) < 4.78 is 0. The van der Waals surface area contributed by atoms with Gasteiger partial charge in [0.25, 0.3) is 5.69 Å². The van der Waals surface area contributed by atoms with Gasteiger partial charge in [-0.2, -0.15) is 12.6 Å². The lowest BCUT2D eigenvalue weighted by molar-refractivity contribution is -0.384. The molecule has 2 unspecified atom stereocenters. The Bertz CT molecular complexity index is 848. The van der Waals surface area contributed by atoms with Gasteiger partial charge >= 0.3 is 0 Å². The first-order valence-electron chi connectivity index (χ1n) is 7.78. The third-order valence-corrected chi connectivity index (χ3v) is 4.76. The molecule has 2 atom stereocenters. The second kappa shape index (κ2) is 10.5. The minimum Gasteiger partial charge on any atom is -0.349 e. The minimum atomic E-state index is -0.702. The molecule has 0 aliphatic carbocycles. The van der Waals surface area contributed by atoms with Crippen LogP contribution >= 0.6 is 36.2 Å². The summed E-state index contributed by atoms with van der Waals surface area (Å²) in [6.45, 7) is 0. The van der Waals surface area contributed by atoms with E-state index in [0.29, 0.717) is 17.1 Å². The lowest BCUT2D eigenvalue weighted by Gasteiger charge is -2.19. The minimum absolute atomic E-state index is 0.0276. The molecular weight excluding hydrogens is 424 g/mol. The Morgan fingerprint density at radius 2 is 2.21 bits per heavy atom. The van der Waals surface area contributed by atoms with Gasteiger partial charge in [-0.25, -0.2) is 4.98 Å². The number of amides is 1. The van der Waals surface area contributed by atoms with E-state index < -0.39 is 22.1 Å². The summed E-state index contributed by atoms with van der Waals surface area (Å²) in [6, 6.07) is 5.73. The number of thiocarbonyl (C=S) groups is 1. The average molecular weight is 441 g/mol. The fraction of sp³-hybridized carbons (Fsp3) is 0.200. The molecule has 1 aromatic carbocycles. The van der Waals surface area contributed by atoms with E-state index in [1.165, 1.54) is 29.5 Å². The van der Waals surface area contributed by atoms with Gasteiger partial charge < -0.3 is 15.4 Å². The van der Waals surface area contributed by atoms with Crippen LogP contribution in [0.2, 0.25) is 0 Å². The number of thiazole rings is 1. The van der Waals surface area contributed by atoms with Crippen molar-refractivity contribution in [1.82, 2.24) is 15.8 Å². The van der Waals surface area contributed by atoms with Crippen LogP contribution in [0.25, 0.3) is 0 Å². The summed E-state index contributed by atoms with van der Waals surface area (Å²) in [5.74, 6) is -1.19. The van der Waals surface area contributed by atoms with Crippen molar-refractivity contribution in [3.63, 3.8) is 0 Å². The second-order valence-electron chi connectivity index (χ2n) is 5.37. The molecule has 0 bridgehead atoms. The quantitative estimate of drug-likeness (QED) is 0.104. The summed E-state index contributed by atoms with van der Waals surface area (Å²) in [5.41, 5.74) is 5.12. The first-order chi connectivity index (χ1) is 13.4. The van der Waals surface area contributed by atoms with Crippen LogP contribution in [-0.2, 0) is 9.59 Å². The molecule has 2 aromatic rings. The molecule has 0 aliphatic rings. The van der Waals surface area contributed by atoms with Gasteiger partial charge in [-0.15, -0.1) is 11.3 Å². The van der Waals surface area contributed by atoms with Gasteiger partial charge in [0.1, 0.15) is 6.29 Å². The van der Waals surface area contributed by atoms with Crippen molar-refractivity contribution in [3.05, 3.63) is 46.0 Å². The molecule has 2 rings (SSSR count). The standard InChI is InChI=1S/C15H16N6O4S3/c22-8-9(13(26)18-15-16-4-5-28-15)6-12(23)19-20-14(27)17-10-2-1-3-11(7-10)21(24)25/h1-5,7-9,13,26H,6H2,(H,16,18)(H,19,23)(H2,17,20,27). The maximum absolute atomic E-state index is 12.0. The number of thiol groups is 1. The SMILES string of the molecule is O=CC(CC(=O)NNC(=S)Nc1cccc([N+](=O)[O-])c1)C(S)Nc1nccs1. The molecule has 10 nitrogen and oxygen atoms in total. The third-order valence-electron chi connectivity index (χ3n) is 3.34. The largest absolute Gasteiger partial charge is 0.349 e. The molecule has 0 fully saturated rings. The molecule has 1 heterocycles. The zero-order valence-electron chi connectivity index (χ0n) is 14.2. The smallest absolute Gasteiger partial charge is 0.271 e. The Morgan fingerprint density at radius 3 is 2.86 bits per heavy atom. The topological polar surface area (TPSA) is 138 Å². The summed E-state index contributed by atoms with van der Waals surface area (Å²) in [5, 5.41) is 18.2. The van der Waals surface area contributed by atoms with Gasteiger partial charge in [0.2, 0.25) is 5.91 Å². The fourth-order valence-corrected chi connectivity index (χ4v) is 3.14. The number of non-ortho nitro benzene ring substituents is 1. The normalized spacial score (nSPS) is 12.3. The predicted octanol–water partition coefficient (Wildman–Crippen LogP) is 1.94. The van der Waals surface area contributed by atoms with E-state index in [2.05, 4.69) is 39.1 Å². The lowest BCUT2D eigenvalue weighted by Crippen LogP contribution is -2.45. The highest BCUT2D eigenvalue weighted by atomic mass is 32.1. The highest BCUT2D eigenvalue weighted by molar-refractivity contribution is 7.81. The van der Waals surface area contributed by atoms with Crippen LogP contribution in [0.3, 0.4) is 0 Å². The molecule has 0 saturated heterocycles. The molecule has 13 heteroatoms. The van der Waals surface area contributed by atoms with E-state index in [-0.39, 0.29) is 17.2 Å². The predicted molar refractivity (Wildman–Crippen MR) is 113 cm³/mol. The maximum Gasteiger partial charge on any atom is 0.271 e. The first-order valence-corrected chi connectivity index (χ1v) is 9.59. The van der Waals surface area contributed by atoms with E-state index >= 15 is 0 Å². The number of carbonyl (C=O) groups is 2. The molecule has 0 spiro atoms. The van der Waals surface area contributed by atoms with E-state index in [9.17, 15) is 19.7 Å². The number of aromatic nitrogens is 1. The lowest BCUT2D eigenvalue weighted by atomic mass is 10.1. The van der Waals surface area contributed by atoms with Crippen molar-refractivity contribution in [2.45, 2.75) is 11.8 Å². The fourth-order valence-electron chi connectivity index (χ4n) is 2.01. The summed E-state index contributed by atoms with van der Waals surface area (Å²) >= 11 is 10.7. The molecule has 0 aliphatic heterocycles. The molecule has 4 N–H and O–H groups in total. The Kier molecular flexibility index (Phi) is 8.10. The van der Waals surface area contributed by atoms with Crippen LogP contribution in [0.1, 0.15) is 6.42 Å². The molecule has 28 heavy (non-hydrogen) atoms. The molecule has 1 aromatic heterocycles. The Balaban J connectivity index is 1.80. The Hall–Kier alpha value is -2.77. The van der Waals surface area contributed by atoms with Gasteiger partial charge in [0.05, 0.1) is 16.2 Å². The van der Waals surface area contributed by atoms with E-state index in [1.54, 1.807) is 17.6 Å². The zero-order chi connectivity index (χ0) is 20.5. The van der Waals surface area contributed by atoms with Crippen molar-refractivity contribution < 1.29 is 14.5 Å². The number of nitrogens with one attached hydrogen (secondary N) is 4. The first kappa shape index (κ1) is 21.5. The summed E-state index contributed by atoms with van der Waals surface area (Å²) in [4.78, 5) is 37.6. The number of hydrogen-bond acceptors (Lipinski definition) is 9. The number of benzene rings is 1. The van der Waals surface area contributed by atoms with Gasteiger partial charge in [-0.3, -0.25) is 25.8 Å². The number of hydrogen-bond donors (Lipinski definition) is 5. The van der Waals surface area contributed by atoms with Gasteiger partial charge in [-0.05, 0) is 18.3 Å². The van der Waals surface area contributed by atoms with Crippen LogP contribution in [0, 0.1) is 16.0 Å². The van der Waals surface area contributed by atoms with Crippen LogP contribution in [0.4, 0.5) is 16.5 Å². The van der Waals surface area contributed by atoms with Crippen LogP contribution < -0.4 is 21.5 Å². The number of nitro groups is 1. The summed E-state index contributed by atoms with van der Waals surface area (Å²) in [6.07, 6.45) is 2.11. The maximum atomic E-state index is 12.0. The highest BCUT2D eigenvalue weighted by Gasteiger charge is 2.21. The number of nitrogens with zero attached hydrogens (tertiary/aromatic N) is 2. The van der Waals surface area contributed by atoms with Crippen molar-refractivity contribution in [2.75, 3.05) is 10.6 Å². The van der Waals surface area contributed by atoms with Gasteiger partial charge in [0.15, 0.2) is 10.2 Å². The average Bonchev–Trinajstić information content (AvgIpc) is 3.17. The number of rotatable bonds is 8. The molecule has 1 amide bonds. The second-order valence-corrected chi connectivity index (χ2v) is 7.22. The number of hydrazine groups is 1. The monoisotopic (exact) mass is 440 g/mol. The molecule has 0 radical (unpaired) electrons. The van der Waals surface area contributed by atoms with Crippen molar-refractivity contribution >= 4 is 70.0 Å². The molecular formula is C15H16N6O4S3. The Labute approximate surface area is 174 Å². The van der Waals surface area contributed by atoms with Crippen LogP contribution in [0.5, 0.6) is 0 Å². The third kappa shape index (κ3) is 6.75. The van der Waals surface area contributed by atoms with Gasteiger partial charge in [-0.1, -0.05) is 6.07 Å². The number of nitro benzene ring substituents is 1. The number of anilines is 2.